The second-order valence-electron chi connectivity index (χ2n) is 17.2. The second-order valence-corrected chi connectivity index (χ2v) is 17.2. The number of nitrogens with zero attached hydrogens (tertiary/aromatic N) is 5. The number of unbranched alkanes of at least 4 members (excludes halogenated alkanes) is 1. The maximum absolute atomic E-state index is 14.3. The lowest BCUT2D eigenvalue weighted by Gasteiger charge is -2.48. The maximum Gasteiger partial charge on any atom is 0.410 e. The van der Waals surface area contributed by atoms with Crippen LogP contribution in [0.1, 0.15) is 74.1 Å². The molecule has 2 aromatic rings. The average molecular weight is 831 g/mol. The summed E-state index contributed by atoms with van der Waals surface area (Å²) in [7, 11) is 4.87. The third-order valence-corrected chi connectivity index (χ3v) is 12.6. The molecule has 2 aromatic heterocycles. The number of likely N-dealkylation sites (N-methyl/N-ethyl adjacent to an activating group) is 1. The lowest BCUT2D eigenvalue weighted by atomic mass is 9.78. The number of imidazole rings is 1. The van der Waals surface area contributed by atoms with E-state index in [1.165, 1.54) is 14.0 Å². The number of ether oxygens (including phenoxy) is 5. The molecule has 1 amide bonds. The van der Waals surface area contributed by atoms with Crippen molar-refractivity contribution in [2.75, 3.05) is 34.4 Å². The summed E-state index contributed by atoms with van der Waals surface area (Å²) in [5.74, 6) is -3.51. The molecule has 0 bridgehead atoms. The summed E-state index contributed by atoms with van der Waals surface area (Å²) >= 11 is 0. The second kappa shape index (κ2) is 19.4. The molecule has 5 heterocycles. The van der Waals surface area contributed by atoms with Gasteiger partial charge >= 0.3 is 12.1 Å². The molecular formula is C42H66N6O11. The van der Waals surface area contributed by atoms with Crippen molar-refractivity contribution in [1.29, 1.82) is 0 Å². The fraction of sp³-hybridized carbons (Fsp3) is 0.738. The monoisotopic (exact) mass is 830 g/mol. The van der Waals surface area contributed by atoms with Crippen molar-refractivity contribution in [3.8, 4) is 11.3 Å². The number of methoxy groups -OCH3 is 1. The molecule has 330 valence electrons. The molecule has 0 unspecified atom stereocenters. The molecule has 14 atom stereocenters. The minimum Gasteiger partial charge on any atom is -0.458 e. The molecule has 3 aliphatic rings. The van der Waals surface area contributed by atoms with Crippen molar-refractivity contribution < 1.29 is 53.4 Å². The van der Waals surface area contributed by atoms with E-state index in [0.29, 0.717) is 25.9 Å². The molecule has 0 radical (unpaired) electrons. The van der Waals surface area contributed by atoms with Gasteiger partial charge in [0, 0.05) is 62.4 Å². The molecule has 3 aliphatic heterocycles. The molecule has 3 saturated heterocycles. The van der Waals surface area contributed by atoms with Gasteiger partial charge in [0.25, 0.3) is 0 Å². The number of carbonyl (C=O) groups excluding carboxylic acids is 3. The number of pyridine rings is 1. The third kappa shape index (κ3) is 9.83. The molecule has 17 heteroatoms. The summed E-state index contributed by atoms with van der Waals surface area (Å²) in [6, 6.07) is 1.69. The van der Waals surface area contributed by atoms with Crippen molar-refractivity contribution in [2.45, 2.75) is 153 Å². The van der Waals surface area contributed by atoms with Crippen molar-refractivity contribution in [2.24, 2.45) is 11.8 Å². The number of aliphatic hydroxyl groups is 3. The number of ketones is 1. The van der Waals surface area contributed by atoms with E-state index in [4.69, 9.17) is 23.7 Å². The Morgan fingerprint density at radius 3 is 2.41 bits per heavy atom. The van der Waals surface area contributed by atoms with Gasteiger partial charge < -0.3 is 53.8 Å². The fourth-order valence-electron chi connectivity index (χ4n) is 9.46. The highest BCUT2D eigenvalue weighted by atomic mass is 16.7. The Hall–Kier alpha value is -3.55. The van der Waals surface area contributed by atoms with Crippen LogP contribution in [0.15, 0.2) is 37.1 Å². The fourth-order valence-corrected chi connectivity index (χ4v) is 9.46. The van der Waals surface area contributed by atoms with Gasteiger partial charge in [0.1, 0.15) is 30.3 Å². The van der Waals surface area contributed by atoms with E-state index in [2.05, 4.69) is 15.3 Å². The SMILES string of the molecule is CC[C@H]1OC(=O)[C@H](C)C(=O)[C@H](C)[C@@H](O[C@@H]2O[C@H](CO)[C@H](O)[C@H](N(C)C)[C@H]2O)[C@@](C)(OC)C[C@@H](C)N[C@H](C)[C@H]2N(CCCCn3cnc(-c4cccnc4)c3)C(=O)O[C@]12C. The van der Waals surface area contributed by atoms with Crippen LogP contribution >= 0.6 is 0 Å². The molecule has 0 saturated carbocycles. The highest BCUT2D eigenvalue weighted by Gasteiger charge is 2.59. The minimum atomic E-state index is -1.38. The summed E-state index contributed by atoms with van der Waals surface area (Å²) in [6.45, 7) is 13.0. The quantitative estimate of drug-likeness (QED) is 0.138. The van der Waals surface area contributed by atoms with Gasteiger partial charge in [0.15, 0.2) is 17.7 Å². The van der Waals surface area contributed by atoms with Crippen LogP contribution in [-0.4, -0.2) is 164 Å². The largest absolute Gasteiger partial charge is 0.458 e. The first kappa shape index (κ1) is 46.5. The summed E-state index contributed by atoms with van der Waals surface area (Å²) in [6.07, 6.45) is 1.69. The Balaban J connectivity index is 1.41. The molecule has 0 aromatic carbocycles. The Morgan fingerprint density at radius 2 is 1.78 bits per heavy atom. The van der Waals surface area contributed by atoms with Gasteiger partial charge in [-0.3, -0.25) is 19.5 Å². The number of fused-ring (bicyclic) bond motifs is 1. The summed E-state index contributed by atoms with van der Waals surface area (Å²) in [4.78, 5) is 54.2. The van der Waals surface area contributed by atoms with E-state index in [9.17, 15) is 29.7 Å². The zero-order valence-electron chi connectivity index (χ0n) is 36.2. The number of cyclic esters (lactones) is 1. The number of hydrogen-bond donors (Lipinski definition) is 4. The first-order valence-electron chi connectivity index (χ1n) is 20.8. The molecule has 59 heavy (non-hydrogen) atoms. The number of rotatable bonds is 12. The van der Waals surface area contributed by atoms with Crippen LogP contribution < -0.4 is 5.32 Å². The number of amides is 1. The first-order valence-corrected chi connectivity index (χ1v) is 20.8. The molecule has 3 fully saturated rings. The first-order chi connectivity index (χ1) is 27.9. The summed E-state index contributed by atoms with van der Waals surface area (Å²) in [5.41, 5.74) is -0.740. The average Bonchev–Trinajstić information content (AvgIpc) is 3.78. The molecule has 4 N–H and O–H groups in total. The topological polar surface area (TPSA) is 207 Å². The summed E-state index contributed by atoms with van der Waals surface area (Å²) < 4.78 is 33.0. The molecular weight excluding hydrogens is 764 g/mol. The Bertz CT molecular complexity index is 1720. The standard InChI is InChI=1S/C42H66N6O11/c1-11-31-42(7)36(48(40(54)59-42)18-13-12-17-47-21-29(44-23-47)28-15-14-16-43-20-28)27(5)45-24(2)19-41(6,55-10)37(25(3)33(50)26(4)38(53)57-31)58-39-35(52)32(46(8)9)34(51)30(22-49)56-39/h14-16,20-21,23-27,30-32,34-37,39,45,49,51-52H,11-13,17-19,22H2,1-10H3/t24-,25+,26-,27-,30-,31-,32+,34+,35-,36-,37-,39+,41+,42-/m1/s1. The van der Waals surface area contributed by atoms with Crippen LogP contribution in [0.5, 0.6) is 0 Å². The van der Waals surface area contributed by atoms with Crippen LogP contribution in [0.3, 0.4) is 0 Å². The van der Waals surface area contributed by atoms with Crippen molar-refractivity contribution in [3.63, 3.8) is 0 Å². The van der Waals surface area contributed by atoms with E-state index >= 15 is 0 Å². The highest BCUT2D eigenvalue weighted by molar-refractivity contribution is 6.00. The summed E-state index contributed by atoms with van der Waals surface area (Å²) in [5, 5.41) is 36.1. The van der Waals surface area contributed by atoms with E-state index in [0.717, 1.165) is 17.7 Å². The number of aromatic nitrogens is 3. The lowest BCUT2D eigenvalue weighted by Crippen LogP contribution is -2.66. The molecule has 0 aliphatic carbocycles. The van der Waals surface area contributed by atoms with Crippen LogP contribution in [0.25, 0.3) is 11.3 Å². The molecule has 0 spiro atoms. The lowest BCUT2D eigenvalue weighted by molar-refractivity contribution is -0.319. The van der Waals surface area contributed by atoms with Crippen LogP contribution in [0.4, 0.5) is 4.79 Å². The molecule has 5 rings (SSSR count). The van der Waals surface area contributed by atoms with Crippen LogP contribution in [0.2, 0.25) is 0 Å². The highest BCUT2D eigenvalue weighted by Crippen LogP contribution is 2.40. The van der Waals surface area contributed by atoms with Crippen molar-refractivity contribution in [3.05, 3.63) is 37.1 Å². The Kier molecular flexibility index (Phi) is 15.3. The van der Waals surface area contributed by atoms with Crippen molar-refractivity contribution >= 4 is 17.8 Å². The van der Waals surface area contributed by atoms with E-state index < -0.39 is 96.4 Å². The van der Waals surface area contributed by atoms with Gasteiger partial charge in [-0.1, -0.05) is 13.8 Å². The van der Waals surface area contributed by atoms with E-state index in [-0.39, 0.29) is 18.5 Å². The smallest absolute Gasteiger partial charge is 0.410 e. The number of aryl methyl sites for hydroxylation is 1. The van der Waals surface area contributed by atoms with Gasteiger partial charge in [-0.25, -0.2) is 9.78 Å². The zero-order valence-corrected chi connectivity index (χ0v) is 36.2. The minimum absolute atomic E-state index is 0.280. The van der Waals surface area contributed by atoms with Gasteiger partial charge in [0.2, 0.25) is 0 Å². The van der Waals surface area contributed by atoms with Gasteiger partial charge in [0.05, 0.1) is 42.4 Å². The van der Waals surface area contributed by atoms with Gasteiger partial charge in [-0.05, 0) is 86.5 Å². The van der Waals surface area contributed by atoms with Crippen LogP contribution in [0, 0.1) is 11.8 Å². The number of nitrogens with one attached hydrogen (secondary N) is 1. The zero-order chi connectivity index (χ0) is 43.4. The number of carbonyl (C=O) groups is 3. The number of esters is 1. The normalized spacial score (nSPS) is 37.5. The third-order valence-electron chi connectivity index (χ3n) is 12.6. The van der Waals surface area contributed by atoms with Crippen molar-refractivity contribution in [1.82, 2.24) is 29.7 Å². The molecule has 17 nitrogen and oxygen atoms in total. The van der Waals surface area contributed by atoms with Gasteiger partial charge in [-0.15, -0.1) is 0 Å². The van der Waals surface area contributed by atoms with E-state index in [1.54, 1.807) is 63.4 Å². The number of aliphatic hydroxyl groups excluding tert-OH is 3. The Morgan fingerprint density at radius 1 is 1.07 bits per heavy atom. The number of hydrogen-bond acceptors (Lipinski definition) is 15. The number of Topliss-reactive ketones (excluding diaryl/α,β-unsaturated/α-hetero) is 1. The predicted octanol–water partition coefficient (Wildman–Crippen LogP) is 2.40. The van der Waals surface area contributed by atoms with Crippen LogP contribution in [-0.2, 0) is 39.8 Å². The Labute approximate surface area is 347 Å². The van der Waals surface area contributed by atoms with Gasteiger partial charge in [-0.2, -0.15) is 0 Å². The van der Waals surface area contributed by atoms with E-state index in [1.807, 2.05) is 43.7 Å². The maximum atomic E-state index is 14.3. The predicted molar refractivity (Wildman–Crippen MR) is 216 cm³/mol.